The maximum absolute atomic E-state index is 12.5. The molecule has 0 spiro atoms. The van der Waals surface area contributed by atoms with Crippen molar-refractivity contribution in [2.75, 3.05) is 94.3 Å². The standard InChI is InChI=1S/C50H73N3O18S3/c1-49(2,3)41(40-19-17-38(36-44(40)54)51(24-13-35-73(61,62)63)26-27-68-30-31-70-33-32-69-29-28-67-5)14-8-6-9-15-45-50(4,23-12-34-72(58,59)60)42-37-39(74(64,65)66)18-20-43(42)52(45)25-11-7-10-16-48(57)71-53-46(55)21-22-47(53)56/h6,9,14-15,17-20,36-37,54H,7-8,10-13,16,21-35H2,1-5H3,(H,58,59,60)(H,61,62,63)(H,64,65,66)/b9-6+,41-14+,45-15+. The minimum absolute atomic E-state index is 0.00248. The van der Waals surface area contributed by atoms with Crippen LogP contribution < -0.4 is 9.80 Å². The predicted molar refractivity (Wildman–Crippen MR) is 277 cm³/mol. The number of anilines is 2. The SMILES string of the molecule is COCCOCCOCCOCCN(CCCS(=O)(=O)O)c1ccc(/C(=C\C/C=C/C=C2/N(CCCCCC(=O)ON3C(=O)CCC3=O)c3ccc(S(=O)(=O)O)cc3C2(C)CCCS(=O)(=O)O)C(C)(C)C)c(O)c1. The molecular weight excluding hydrogens is 1030 g/mol. The number of rotatable bonds is 33. The summed E-state index contributed by atoms with van der Waals surface area (Å²) in [7, 11) is -11.6. The van der Waals surface area contributed by atoms with Crippen molar-refractivity contribution in [3.63, 3.8) is 0 Å². The molecule has 24 heteroatoms. The van der Waals surface area contributed by atoms with E-state index in [0.29, 0.717) is 112 Å². The number of allylic oxidation sites excluding steroid dienone is 6. The Balaban J connectivity index is 1.56. The number of hydrogen-bond acceptors (Lipinski definition) is 17. The molecule has 2 amide bonds. The van der Waals surface area contributed by atoms with Gasteiger partial charge in [0.1, 0.15) is 5.75 Å². The van der Waals surface area contributed by atoms with E-state index in [4.69, 9.17) is 23.8 Å². The van der Waals surface area contributed by atoms with Gasteiger partial charge < -0.3 is 38.7 Å². The van der Waals surface area contributed by atoms with Crippen molar-refractivity contribution >= 4 is 65.1 Å². The lowest BCUT2D eigenvalue weighted by atomic mass is 9.77. The lowest BCUT2D eigenvalue weighted by Gasteiger charge is -2.30. The van der Waals surface area contributed by atoms with E-state index in [1.807, 2.05) is 67.9 Å². The maximum atomic E-state index is 12.5. The molecule has 2 heterocycles. The molecule has 21 nitrogen and oxygen atoms in total. The Morgan fingerprint density at radius 1 is 0.784 bits per heavy atom. The number of hydroxylamine groups is 2. The van der Waals surface area contributed by atoms with E-state index in [9.17, 15) is 58.4 Å². The smallest absolute Gasteiger partial charge is 0.333 e. The molecule has 74 heavy (non-hydrogen) atoms. The van der Waals surface area contributed by atoms with E-state index in [0.717, 1.165) is 5.57 Å². The second kappa shape index (κ2) is 28.4. The summed E-state index contributed by atoms with van der Waals surface area (Å²) in [6, 6.07) is 9.41. The Kier molecular flexibility index (Phi) is 23.7. The normalized spacial score (nSPS) is 17.3. The van der Waals surface area contributed by atoms with Gasteiger partial charge in [0, 0.05) is 80.1 Å². The first-order valence-corrected chi connectivity index (χ1v) is 29.2. The molecule has 0 aromatic heterocycles. The molecule has 414 valence electrons. The van der Waals surface area contributed by atoms with Crippen LogP contribution in [-0.2, 0) is 73.9 Å². The second-order valence-electron chi connectivity index (χ2n) is 19.1. The molecule has 2 aromatic carbocycles. The number of carbonyl (C=O) groups is 3. The van der Waals surface area contributed by atoms with Crippen LogP contribution in [0.5, 0.6) is 5.75 Å². The number of phenolic OH excluding ortho intramolecular Hbond substituents is 1. The zero-order chi connectivity index (χ0) is 54.7. The van der Waals surface area contributed by atoms with Crippen LogP contribution >= 0.6 is 0 Å². The predicted octanol–water partition coefficient (Wildman–Crippen LogP) is 6.29. The number of hydrogen-bond donors (Lipinski definition) is 4. The molecule has 1 fully saturated rings. The Morgan fingerprint density at radius 3 is 2.00 bits per heavy atom. The van der Waals surface area contributed by atoms with Crippen LogP contribution in [0.4, 0.5) is 11.4 Å². The summed E-state index contributed by atoms with van der Waals surface area (Å²) in [5.74, 6) is -2.90. The first-order valence-electron chi connectivity index (χ1n) is 24.5. The van der Waals surface area contributed by atoms with E-state index < -0.39 is 70.5 Å². The van der Waals surface area contributed by atoms with E-state index in [1.54, 1.807) is 25.3 Å². The number of carbonyl (C=O) groups excluding carboxylic acids is 3. The molecule has 2 aromatic rings. The number of fused-ring (bicyclic) bond motifs is 1. The summed E-state index contributed by atoms with van der Waals surface area (Å²) in [5, 5.41) is 12.0. The quantitative estimate of drug-likeness (QED) is 0.0347. The van der Waals surface area contributed by atoms with Gasteiger partial charge in [-0.15, -0.1) is 5.06 Å². The van der Waals surface area contributed by atoms with Crippen molar-refractivity contribution in [3.8, 4) is 5.75 Å². The fourth-order valence-electron chi connectivity index (χ4n) is 8.68. The van der Waals surface area contributed by atoms with Crippen LogP contribution in [0.3, 0.4) is 0 Å². The van der Waals surface area contributed by atoms with Gasteiger partial charge in [0.05, 0.1) is 62.6 Å². The highest BCUT2D eigenvalue weighted by atomic mass is 32.2. The number of unbranched alkanes of at least 4 members (excludes halogenated alkanes) is 2. The third-order valence-electron chi connectivity index (χ3n) is 12.4. The number of benzene rings is 2. The Bertz CT molecular complexity index is 2650. The summed E-state index contributed by atoms with van der Waals surface area (Å²) in [6.45, 7) is 11.5. The molecule has 2 aliphatic heterocycles. The zero-order valence-electron chi connectivity index (χ0n) is 42.9. The minimum Gasteiger partial charge on any atom is -0.507 e. The second-order valence-corrected chi connectivity index (χ2v) is 23.7. The van der Waals surface area contributed by atoms with Crippen molar-refractivity contribution in [2.45, 2.75) is 102 Å². The molecule has 0 saturated carbocycles. The average molecular weight is 1100 g/mol. The van der Waals surface area contributed by atoms with E-state index in [-0.39, 0.29) is 62.3 Å². The third-order valence-corrected chi connectivity index (χ3v) is 14.8. The summed E-state index contributed by atoms with van der Waals surface area (Å²) < 4.78 is 122. The van der Waals surface area contributed by atoms with Gasteiger partial charge in [-0.3, -0.25) is 23.2 Å². The number of aromatic hydroxyl groups is 1. The largest absolute Gasteiger partial charge is 0.507 e. The Morgan fingerprint density at radius 2 is 1.41 bits per heavy atom. The Labute approximate surface area is 435 Å². The first kappa shape index (κ1) is 61.8. The lowest BCUT2D eigenvalue weighted by molar-refractivity contribution is -0.197. The molecule has 0 aliphatic carbocycles. The van der Waals surface area contributed by atoms with E-state index in [1.165, 1.54) is 12.1 Å². The number of phenols is 1. The number of amides is 2. The van der Waals surface area contributed by atoms with Gasteiger partial charge in [-0.05, 0) is 98.4 Å². The van der Waals surface area contributed by atoms with Crippen molar-refractivity contribution in [1.29, 1.82) is 0 Å². The minimum atomic E-state index is -4.65. The van der Waals surface area contributed by atoms with Gasteiger partial charge in [0.25, 0.3) is 42.2 Å². The highest BCUT2D eigenvalue weighted by molar-refractivity contribution is 7.86. The monoisotopic (exact) mass is 1100 g/mol. The third kappa shape index (κ3) is 19.7. The van der Waals surface area contributed by atoms with Gasteiger partial charge in [-0.2, -0.15) is 25.3 Å². The molecular formula is C50H73N3O18S3. The van der Waals surface area contributed by atoms with Crippen LogP contribution in [0.25, 0.3) is 5.57 Å². The number of ether oxygens (including phenoxy) is 4. The van der Waals surface area contributed by atoms with Crippen LogP contribution in [-0.4, -0.2) is 151 Å². The molecule has 0 radical (unpaired) electrons. The van der Waals surface area contributed by atoms with Crippen LogP contribution in [0.15, 0.2) is 71.3 Å². The fourth-order valence-corrected chi connectivity index (χ4v) is 10.2. The maximum Gasteiger partial charge on any atom is 0.333 e. The zero-order valence-corrected chi connectivity index (χ0v) is 45.4. The molecule has 1 unspecified atom stereocenters. The average Bonchev–Trinajstić information content (AvgIpc) is 3.73. The van der Waals surface area contributed by atoms with Crippen molar-refractivity contribution in [3.05, 3.63) is 77.5 Å². The van der Waals surface area contributed by atoms with Crippen molar-refractivity contribution in [1.82, 2.24) is 5.06 Å². The molecule has 1 atom stereocenters. The highest BCUT2D eigenvalue weighted by Gasteiger charge is 2.44. The van der Waals surface area contributed by atoms with Crippen LogP contribution in [0.2, 0.25) is 0 Å². The molecule has 1 saturated heterocycles. The number of nitrogens with zero attached hydrogens (tertiary/aromatic N) is 3. The van der Waals surface area contributed by atoms with Gasteiger partial charge in [0.2, 0.25) is 0 Å². The van der Waals surface area contributed by atoms with Gasteiger partial charge in [0.15, 0.2) is 0 Å². The van der Waals surface area contributed by atoms with E-state index in [2.05, 4.69) is 0 Å². The first-order chi connectivity index (χ1) is 34.7. The van der Waals surface area contributed by atoms with Gasteiger partial charge in [-0.25, -0.2) is 4.79 Å². The van der Waals surface area contributed by atoms with Gasteiger partial charge in [-0.1, -0.05) is 45.4 Å². The van der Waals surface area contributed by atoms with Crippen LogP contribution in [0.1, 0.15) is 103 Å². The van der Waals surface area contributed by atoms with Crippen molar-refractivity contribution < 1.29 is 82.2 Å². The van der Waals surface area contributed by atoms with Crippen molar-refractivity contribution in [2.24, 2.45) is 5.41 Å². The summed E-state index contributed by atoms with van der Waals surface area (Å²) in [4.78, 5) is 44.7. The number of methoxy groups -OCH3 is 1. The molecule has 0 bridgehead atoms. The molecule has 2 aliphatic rings. The topological polar surface area (TPSA) is 290 Å². The lowest BCUT2D eigenvalue weighted by Crippen LogP contribution is -2.32. The summed E-state index contributed by atoms with van der Waals surface area (Å²) >= 11 is 0. The molecule has 4 N–H and O–H groups in total. The fraction of sp³-hybridized carbons (Fsp3) is 0.580. The summed E-state index contributed by atoms with van der Waals surface area (Å²) in [5.41, 5.74) is 2.28. The highest BCUT2D eigenvalue weighted by Crippen LogP contribution is 2.51. The molecule has 4 rings (SSSR count). The Hall–Kier alpha value is -4.76. The van der Waals surface area contributed by atoms with Crippen LogP contribution in [0, 0.1) is 5.41 Å². The number of imide groups is 1. The van der Waals surface area contributed by atoms with Gasteiger partial charge >= 0.3 is 5.97 Å². The summed E-state index contributed by atoms with van der Waals surface area (Å²) in [6.07, 6.45) is 9.42. The van der Waals surface area contributed by atoms with E-state index >= 15 is 0 Å².